The zero-order valence-electron chi connectivity index (χ0n) is 22.9. The van der Waals surface area contributed by atoms with Crippen molar-refractivity contribution in [3.05, 3.63) is 70.1 Å². The number of aliphatic hydroxyl groups excluding tert-OH is 1. The van der Waals surface area contributed by atoms with Crippen molar-refractivity contribution in [3.63, 3.8) is 0 Å². The number of phenols is 2. The molecule has 0 aliphatic heterocycles. The Kier molecular flexibility index (Phi) is 6.87. The van der Waals surface area contributed by atoms with Crippen molar-refractivity contribution in [2.45, 2.75) is 25.0 Å². The number of hydrogen-bond donors (Lipinski definition) is 7. The van der Waals surface area contributed by atoms with Crippen LogP contribution in [0.4, 0.5) is 5.82 Å². The minimum Gasteiger partial charge on any atom is -0.508 e. The van der Waals surface area contributed by atoms with Gasteiger partial charge in [-0.05, 0) is 62.2 Å². The van der Waals surface area contributed by atoms with Gasteiger partial charge in [0, 0.05) is 12.1 Å². The molecule has 0 fully saturated rings. The standard InChI is InChI=1S/C29H29N5O8/c1-12-14-5-4-6-17(35)19(14)23(36)20-15(12)9-16-22(34(2)3)24(37)21(26(39)29(16,42)25(20)38)28(41)33-11-32-18-8-7-13(10-31-18)27(30)40/h4-8,10,16,22,35-36,39,42H,9,11H2,1-3H3,(H2,30,40)(H,31,32)(H,33,41)/t16-,22-,29-/m1/s1. The molecule has 13 nitrogen and oxygen atoms in total. The maximum absolute atomic E-state index is 14.0. The van der Waals surface area contributed by atoms with Crippen LogP contribution in [0.2, 0.25) is 0 Å². The summed E-state index contributed by atoms with van der Waals surface area (Å²) in [5.41, 5.74) is 2.46. The van der Waals surface area contributed by atoms with Crippen molar-refractivity contribution < 1.29 is 39.6 Å². The van der Waals surface area contributed by atoms with Crippen LogP contribution in [-0.2, 0) is 16.0 Å². The Morgan fingerprint density at radius 2 is 1.86 bits per heavy atom. The number of aromatic nitrogens is 1. The van der Waals surface area contributed by atoms with Gasteiger partial charge in [0.1, 0.15) is 28.6 Å². The number of phenolic OH excluding ortho intramolecular Hbond substituents is 2. The van der Waals surface area contributed by atoms with Gasteiger partial charge in [-0.2, -0.15) is 0 Å². The molecule has 2 amide bonds. The van der Waals surface area contributed by atoms with E-state index in [9.17, 15) is 39.6 Å². The van der Waals surface area contributed by atoms with Crippen LogP contribution in [0.5, 0.6) is 11.5 Å². The fraction of sp³-hybridized carbons (Fsp3) is 0.276. The molecule has 3 aromatic rings. The quantitative estimate of drug-likeness (QED) is 0.160. The number of primary amides is 1. The Labute approximate surface area is 239 Å². The minimum atomic E-state index is -2.73. The van der Waals surface area contributed by atoms with Gasteiger partial charge in [-0.15, -0.1) is 0 Å². The van der Waals surface area contributed by atoms with Crippen molar-refractivity contribution in [3.8, 4) is 11.5 Å². The number of carbonyl (C=O) groups excluding carboxylic acids is 4. The van der Waals surface area contributed by atoms with Crippen molar-refractivity contribution in [2.75, 3.05) is 26.1 Å². The molecule has 42 heavy (non-hydrogen) atoms. The molecule has 8 N–H and O–H groups in total. The molecule has 2 aliphatic rings. The van der Waals surface area contributed by atoms with Gasteiger partial charge < -0.3 is 36.8 Å². The van der Waals surface area contributed by atoms with Gasteiger partial charge in [-0.1, -0.05) is 12.1 Å². The lowest BCUT2D eigenvalue weighted by molar-refractivity contribution is -0.132. The molecule has 3 atom stereocenters. The average Bonchev–Trinajstić information content (AvgIpc) is 2.93. The monoisotopic (exact) mass is 575 g/mol. The smallest absolute Gasteiger partial charge is 0.259 e. The van der Waals surface area contributed by atoms with E-state index in [0.29, 0.717) is 16.5 Å². The Hall–Kier alpha value is -5.01. The first kappa shape index (κ1) is 28.5. The summed E-state index contributed by atoms with van der Waals surface area (Å²) >= 11 is 0. The van der Waals surface area contributed by atoms with E-state index in [1.54, 1.807) is 33.2 Å². The number of aliphatic hydroxyl groups is 2. The molecular weight excluding hydrogens is 546 g/mol. The van der Waals surface area contributed by atoms with Crippen LogP contribution in [-0.4, -0.2) is 86.1 Å². The molecule has 13 heteroatoms. The minimum absolute atomic E-state index is 0.00479. The van der Waals surface area contributed by atoms with E-state index >= 15 is 0 Å². The number of rotatable bonds is 6. The van der Waals surface area contributed by atoms with Gasteiger partial charge in [-0.25, -0.2) is 4.98 Å². The lowest BCUT2D eigenvalue weighted by atomic mass is 9.61. The highest BCUT2D eigenvalue weighted by Crippen LogP contribution is 2.50. The second-order valence-electron chi connectivity index (χ2n) is 10.6. The topological polar surface area (TPSA) is 215 Å². The number of nitrogens with one attached hydrogen (secondary N) is 2. The van der Waals surface area contributed by atoms with E-state index in [0.717, 1.165) is 0 Å². The highest BCUT2D eigenvalue weighted by atomic mass is 16.3. The number of fused-ring (bicyclic) bond motifs is 3. The van der Waals surface area contributed by atoms with Gasteiger partial charge in [0.2, 0.25) is 11.7 Å². The van der Waals surface area contributed by atoms with Gasteiger partial charge in [0.05, 0.1) is 29.2 Å². The number of pyridine rings is 1. The summed E-state index contributed by atoms with van der Waals surface area (Å²) in [6, 6.07) is 6.27. The van der Waals surface area contributed by atoms with Crippen LogP contribution >= 0.6 is 0 Å². The lowest BCUT2D eigenvalue weighted by Crippen LogP contribution is -2.65. The van der Waals surface area contributed by atoms with E-state index in [2.05, 4.69) is 15.6 Å². The first-order chi connectivity index (χ1) is 19.8. The summed E-state index contributed by atoms with van der Waals surface area (Å²) in [6.07, 6.45) is 1.14. The number of anilines is 1. The zero-order valence-corrected chi connectivity index (χ0v) is 22.9. The Balaban J connectivity index is 1.55. The number of aryl methyl sites for hydroxylation is 1. The molecule has 0 bridgehead atoms. The number of carbonyl (C=O) groups is 4. The van der Waals surface area contributed by atoms with Gasteiger partial charge >= 0.3 is 0 Å². The fourth-order valence-electron chi connectivity index (χ4n) is 5.97. The first-order valence-electron chi connectivity index (χ1n) is 13.0. The van der Waals surface area contributed by atoms with Crippen molar-refractivity contribution in [2.24, 2.45) is 11.7 Å². The summed E-state index contributed by atoms with van der Waals surface area (Å²) in [5, 5.41) is 50.5. The molecule has 1 heterocycles. The SMILES string of the molecule is Cc1c2c(c(O)c3c(O)cccc13)C(=O)[C@@]1(O)C(O)=C(C(=O)NCNc3ccc(C(N)=O)cn3)C(=O)[C@H](N(C)C)[C@H]1C2. The summed E-state index contributed by atoms with van der Waals surface area (Å²) in [7, 11) is 3.10. The Morgan fingerprint density at radius 1 is 1.14 bits per heavy atom. The maximum atomic E-state index is 14.0. The third-order valence-corrected chi connectivity index (χ3v) is 8.05. The molecule has 0 radical (unpaired) electrons. The molecule has 0 spiro atoms. The zero-order chi connectivity index (χ0) is 30.7. The average molecular weight is 576 g/mol. The van der Waals surface area contributed by atoms with Crippen LogP contribution in [0, 0.1) is 12.8 Å². The number of nitrogens with two attached hydrogens (primary N) is 1. The predicted octanol–water partition coefficient (Wildman–Crippen LogP) is 0.650. The van der Waals surface area contributed by atoms with E-state index < -0.39 is 58.0 Å². The lowest BCUT2D eigenvalue weighted by Gasteiger charge is -2.47. The van der Waals surface area contributed by atoms with Crippen molar-refractivity contribution in [1.29, 1.82) is 0 Å². The normalized spacial score (nSPS) is 21.7. The molecule has 5 rings (SSSR count). The van der Waals surface area contributed by atoms with Crippen molar-refractivity contribution >= 4 is 40.0 Å². The van der Waals surface area contributed by atoms with Crippen LogP contribution < -0.4 is 16.4 Å². The number of likely N-dealkylation sites (N-methyl/N-ethyl adjacent to an activating group) is 1. The van der Waals surface area contributed by atoms with E-state index in [-0.39, 0.29) is 41.2 Å². The maximum Gasteiger partial charge on any atom is 0.259 e. The molecule has 0 saturated carbocycles. The van der Waals surface area contributed by atoms with Crippen LogP contribution in [0.1, 0.15) is 31.8 Å². The molecule has 1 aromatic heterocycles. The Morgan fingerprint density at radius 3 is 2.48 bits per heavy atom. The number of amides is 2. The Bertz CT molecular complexity index is 1720. The van der Waals surface area contributed by atoms with E-state index in [4.69, 9.17) is 5.73 Å². The van der Waals surface area contributed by atoms with E-state index in [1.165, 1.54) is 29.3 Å². The fourth-order valence-corrected chi connectivity index (χ4v) is 5.97. The summed E-state index contributed by atoms with van der Waals surface area (Å²) in [6.45, 7) is 1.42. The van der Waals surface area contributed by atoms with E-state index in [1.807, 2.05) is 0 Å². The van der Waals surface area contributed by atoms with Crippen LogP contribution in [0.25, 0.3) is 10.8 Å². The van der Waals surface area contributed by atoms with Crippen LogP contribution in [0.3, 0.4) is 0 Å². The summed E-state index contributed by atoms with van der Waals surface area (Å²) in [4.78, 5) is 57.6. The summed E-state index contributed by atoms with van der Waals surface area (Å²) < 4.78 is 0. The van der Waals surface area contributed by atoms with Gasteiger partial charge in [0.15, 0.2) is 11.4 Å². The molecule has 0 saturated heterocycles. The largest absolute Gasteiger partial charge is 0.508 e. The molecule has 218 valence electrons. The third-order valence-electron chi connectivity index (χ3n) is 8.05. The number of benzene rings is 2. The third kappa shape index (κ3) is 4.13. The molecular formula is C29H29N5O8. The summed E-state index contributed by atoms with van der Waals surface area (Å²) in [5.74, 6) is -6.54. The number of nitrogens with zero attached hydrogens (tertiary/aromatic N) is 2. The molecule has 0 unspecified atom stereocenters. The number of aromatic hydroxyl groups is 2. The second-order valence-corrected chi connectivity index (χ2v) is 10.6. The highest BCUT2D eigenvalue weighted by Gasteiger charge is 2.62. The van der Waals surface area contributed by atoms with Crippen LogP contribution in [0.15, 0.2) is 47.9 Å². The van der Waals surface area contributed by atoms with Gasteiger partial charge in [0.25, 0.3) is 5.91 Å². The molecule has 2 aromatic carbocycles. The number of hydrogen-bond acceptors (Lipinski definition) is 11. The number of Topliss-reactive ketones (excluding diaryl/α,β-unsaturated/α-hetero) is 2. The highest BCUT2D eigenvalue weighted by molar-refractivity contribution is 6.25. The predicted molar refractivity (Wildman–Crippen MR) is 150 cm³/mol. The number of ketones is 2. The van der Waals surface area contributed by atoms with Crippen molar-refractivity contribution in [1.82, 2.24) is 15.2 Å². The first-order valence-corrected chi connectivity index (χ1v) is 13.0. The second kappa shape index (κ2) is 10.1. The molecule has 2 aliphatic carbocycles. The van der Waals surface area contributed by atoms with Gasteiger partial charge in [-0.3, -0.25) is 24.1 Å².